The normalized spacial score (nSPS) is 17.7. The number of carbonyl (C=O) groups is 2. The number of methoxy groups -OCH3 is 1. The number of ether oxygens (including phenoxy) is 1. The number of rotatable bonds is 7. The maximum Gasteiger partial charge on any atom is 0.321 e. The Morgan fingerprint density at radius 2 is 1.60 bits per heavy atom. The molecule has 2 fully saturated rings. The zero-order valence-corrected chi connectivity index (χ0v) is 20.9. The second kappa shape index (κ2) is 12.0. The smallest absolute Gasteiger partial charge is 0.321 e. The van der Waals surface area contributed by atoms with Gasteiger partial charge < -0.3 is 29.7 Å². The molecule has 8 heteroatoms. The fourth-order valence-electron chi connectivity index (χ4n) is 4.80. The number of hydrogen-bond donors (Lipinski definition) is 1. The van der Waals surface area contributed by atoms with Crippen molar-refractivity contribution in [3.8, 4) is 5.75 Å². The van der Waals surface area contributed by atoms with E-state index in [1.165, 1.54) is 0 Å². The topological polar surface area (TPSA) is 68.4 Å². The van der Waals surface area contributed by atoms with Gasteiger partial charge in [-0.1, -0.05) is 18.2 Å². The Hall–Kier alpha value is -3.10. The first kappa shape index (κ1) is 25.0. The van der Waals surface area contributed by atoms with E-state index in [0.717, 1.165) is 62.7 Å². The van der Waals surface area contributed by atoms with Crippen LogP contribution in [0.2, 0.25) is 0 Å². The van der Waals surface area contributed by atoms with Crippen molar-refractivity contribution in [2.45, 2.75) is 25.3 Å². The number of anilines is 2. The molecule has 0 aromatic heterocycles. The van der Waals surface area contributed by atoms with Crippen molar-refractivity contribution < 1.29 is 14.3 Å². The van der Waals surface area contributed by atoms with Crippen LogP contribution >= 0.6 is 0 Å². The lowest BCUT2D eigenvalue weighted by atomic mass is 10.0. The lowest BCUT2D eigenvalue weighted by Gasteiger charge is -2.39. The molecule has 0 aliphatic carbocycles. The largest absolute Gasteiger partial charge is 0.497 e. The summed E-state index contributed by atoms with van der Waals surface area (Å²) in [5.41, 5.74) is 1.68. The van der Waals surface area contributed by atoms with E-state index in [1.807, 2.05) is 64.4 Å². The van der Waals surface area contributed by atoms with Gasteiger partial charge in [-0.3, -0.25) is 4.79 Å². The van der Waals surface area contributed by atoms with Gasteiger partial charge in [0.15, 0.2) is 0 Å². The second-order valence-corrected chi connectivity index (χ2v) is 9.37. The van der Waals surface area contributed by atoms with Gasteiger partial charge in [-0.05, 0) is 56.3 Å². The predicted octanol–water partition coefficient (Wildman–Crippen LogP) is 3.36. The number of piperidine rings is 1. The molecule has 2 aliphatic rings. The van der Waals surface area contributed by atoms with Crippen LogP contribution in [0.15, 0.2) is 54.6 Å². The van der Waals surface area contributed by atoms with Crippen LogP contribution < -0.4 is 15.0 Å². The third-order valence-corrected chi connectivity index (χ3v) is 7.00. The summed E-state index contributed by atoms with van der Waals surface area (Å²) in [5, 5.41) is 2.96. The van der Waals surface area contributed by atoms with Gasteiger partial charge >= 0.3 is 6.03 Å². The number of hydrogen-bond acceptors (Lipinski definition) is 5. The predicted molar refractivity (Wildman–Crippen MR) is 139 cm³/mol. The third-order valence-electron chi connectivity index (χ3n) is 7.00. The minimum atomic E-state index is -0.110. The van der Waals surface area contributed by atoms with E-state index in [9.17, 15) is 9.59 Å². The summed E-state index contributed by atoms with van der Waals surface area (Å²) < 4.78 is 5.18. The van der Waals surface area contributed by atoms with Gasteiger partial charge in [0, 0.05) is 69.7 Å². The van der Waals surface area contributed by atoms with Gasteiger partial charge in [0.25, 0.3) is 0 Å². The van der Waals surface area contributed by atoms with Crippen LogP contribution in [0.5, 0.6) is 5.75 Å². The summed E-state index contributed by atoms with van der Waals surface area (Å²) in [4.78, 5) is 34.8. The molecule has 35 heavy (non-hydrogen) atoms. The van der Waals surface area contributed by atoms with Crippen molar-refractivity contribution in [1.29, 1.82) is 0 Å². The lowest BCUT2D eigenvalue weighted by molar-refractivity contribution is -0.119. The number of nitrogens with zero attached hydrogens (tertiary/aromatic N) is 4. The molecule has 2 aliphatic heterocycles. The summed E-state index contributed by atoms with van der Waals surface area (Å²) in [6, 6.07) is 17.3. The number of para-hydroxylation sites is 1. The van der Waals surface area contributed by atoms with E-state index in [-0.39, 0.29) is 18.0 Å². The van der Waals surface area contributed by atoms with Crippen LogP contribution in [0.4, 0.5) is 16.2 Å². The number of amides is 3. The molecule has 0 saturated carbocycles. The van der Waals surface area contributed by atoms with Gasteiger partial charge in [-0.2, -0.15) is 0 Å². The molecule has 2 saturated heterocycles. The molecule has 188 valence electrons. The molecule has 0 atom stereocenters. The number of nitrogens with one attached hydrogen (secondary N) is 1. The first-order valence-corrected chi connectivity index (χ1v) is 12.5. The van der Waals surface area contributed by atoms with E-state index >= 15 is 0 Å². The van der Waals surface area contributed by atoms with E-state index in [0.29, 0.717) is 19.5 Å². The molecular weight excluding hydrogens is 442 g/mol. The van der Waals surface area contributed by atoms with Crippen molar-refractivity contribution in [3.05, 3.63) is 54.6 Å². The zero-order chi connectivity index (χ0) is 24.6. The Balaban J connectivity index is 1.34. The minimum Gasteiger partial charge on any atom is -0.497 e. The van der Waals surface area contributed by atoms with Crippen LogP contribution in [0.3, 0.4) is 0 Å². The monoisotopic (exact) mass is 479 g/mol. The highest BCUT2D eigenvalue weighted by Crippen LogP contribution is 2.25. The molecule has 0 radical (unpaired) electrons. The Kier molecular flexibility index (Phi) is 8.60. The fraction of sp³-hybridized carbons (Fsp3) is 0.481. The average molecular weight is 480 g/mol. The van der Waals surface area contributed by atoms with Gasteiger partial charge in [0.05, 0.1) is 7.11 Å². The van der Waals surface area contributed by atoms with Crippen molar-refractivity contribution in [1.82, 2.24) is 14.7 Å². The summed E-state index contributed by atoms with van der Waals surface area (Å²) in [7, 11) is 3.76. The molecular formula is C27H37N5O3. The third kappa shape index (κ3) is 6.74. The van der Waals surface area contributed by atoms with Crippen LogP contribution in [-0.4, -0.2) is 92.7 Å². The Morgan fingerprint density at radius 3 is 2.23 bits per heavy atom. The van der Waals surface area contributed by atoms with Gasteiger partial charge in [0.2, 0.25) is 5.91 Å². The van der Waals surface area contributed by atoms with Crippen LogP contribution in [0, 0.1) is 0 Å². The molecule has 8 nitrogen and oxygen atoms in total. The maximum absolute atomic E-state index is 13.4. The molecule has 2 aromatic carbocycles. The molecule has 0 bridgehead atoms. The quantitative estimate of drug-likeness (QED) is 0.660. The average Bonchev–Trinajstić information content (AvgIpc) is 2.90. The Labute approximate surface area is 208 Å². The SMILES string of the molecule is COc1ccc(NC(=O)N2CCC(N(C(=O)CCN3CCN(C)CC3)c3ccccc3)CC2)cc1. The van der Waals surface area contributed by atoms with E-state index in [1.54, 1.807) is 7.11 Å². The summed E-state index contributed by atoms with van der Waals surface area (Å²) in [5.74, 6) is 0.915. The van der Waals surface area contributed by atoms with Crippen molar-refractivity contribution in [3.63, 3.8) is 0 Å². The van der Waals surface area contributed by atoms with Crippen LogP contribution in [0.25, 0.3) is 0 Å². The van der Waals surface area contributed by atoms with Crippen molar-refractivity contribution >= 4 is 23.3 Å². The fourth-order valence-corrected chi connectivity index (χ4v) is 4.80. The van der Waals surface area contributed by atoms with Gasteiger partial charge in [0.1, 0.15) is 5.75 Å². The molecule has 0 spiro atoms. The highest BCUT2D eigenvalue weighted by Gasteiger charge is 2.31. The number of benzene rings is 2. The second-order valence-electron chi connectivity index (χ2n) is 9.37. The number of piperazine rings is 1. The van der Waals surface area contributed by atoms with Crippen molar-refractivity contribution in [2.24, 2.45) is 0 Å². The molecule has 4 rings (SSSR count). The minimum absolute atomic E-state index is 0.0856. The summed E-state index contributed by atoms with van der Waals surface area (Å²) in [6.07, 6.45) is 2.02. The van der Waals surface area contributed by atoms with E-state index in [2.05, 4.69) is 22.2 Å². The molecule has 2 heterocycles. The highest BCUT2D eigenvalue weighted by atomic mass is 16.5. The van der Waals surface area contributed by atoms with Crippen LogP contribution in [-0.2, 0) is 4.79 Å². The van der Waals surface area contributed by atoms with Crippen molar-refractivity contribution in [2.75, 3.05) is 70.2 Å². The van der Waals surface area contributed by atoms with Gasteiger partial charge in [-0.15, -0.1) is 0 Å². The van der Waals surface area contributed by atoms with E-state index < -0.39 is 0 Å². The van der Waals surface area contributed by atoms with Crippen LogP contribution in [0.1, 0.15) is 19.3 Å². The first-order valence-electron chi connectivity index (χ1n) is 12.5. The number of likely N-dealkylation sites (N-methyl/N-ethyl adjacent to an activating group) is 1. The number of likely N-dealkylation sites (tertiary alicyclic amines) is 1. The molecule has 1 N–H and O–H groups in total. The molecule has 2 aromatic rings. The number of urea groups is 1. The maximum atomic E-state index is 13.4. The number of carbonyl (C=O) groups excluding carboxylic acids is 2. The Morgan fingerprint density at radius 1 is 0.943 bits per heavy atom. The zero-order valence-electron chi connectivity index (χ0n) is 20.9. The summed E-state index contributed by atoms with van der Waals surface area (Å²) >= 11 is 0. The lowest BCUT2D eigenvalue weighted by Crippen LogP contribution is -2.51. The van der Waals surface area contributed by atoms with Gasteiger partial charge in [-0.25, -0.2) is 4.79 Å². The van der Waals surface area contributed by atoms with E-state index in [4.69, 9.17) is 4.74 Å². The molecule has 0 unspecified atom stereocenters. The Bertz CT molecular complexity index is 953. The highest BCUT2D eigenvalue weighted by molar-refractivity contribution is 5.94. The molecule has 3 amide bonds. The first-order chi connectivity index (χ1) is 17.0. The standard InChI is InChI=1S/C27H37N5O3/c1-29-18-20-30(21-19-29)15-14-26(33)32(23-6-4-3-5-7-23)24-12-16-31(17-13-24)27(34)28-22-8-10-25(35-2)11-9-22/h3-11,24H,12-21H2,1-2H3,(H,28,34). The summed E-state index contributed by atoms with van der Waals surface area (Å²) in [6.45, 7) is 6.14.